The van der Waals surface area contributed by atoms with E-state index in [1.165, 1.54) is 0 Å². The number of rotatable bonds is 7. The van der Waals surface area contributed by atoms with Gasteiger partial charge in [0.05, 0.1) is 6.10 Å². The maximum atomic E-state index is 13.4. The van der Waals surface area contributed by atoms with E-state index in [9.17, 15) is 9.90 Å². The molecule has 30 heavy (non-hydrogen) atoms. The van der Waals surface area contributed by atoms with Crippen molar-refractivity contribution in [3.8, 4) is 0 Å². The lowest BCUT2D eigenvalue weighted by atomic mass is 9.62. The van der Waals surface area contributed by atoms with Gasteiger partial charge in [0.2, 0.25) is 5.91 Å². The van der Waals surface area contributed by atoms with Crippen molar-refractivity contribution >= 4 is 5.91 Å². The second kappa shape index (κ2) is 8.82. The molecule has 1 aliphatic heterocycles. The van der Waals surface area contributed by atoms with Crippen molar-refractivity contribution < 1.29 is 9.90 Å². The number of carbonyl (C=O) groups is 1. The SMILES string of the molecule is NC(=O)C(c1ccccc1)(c1ccccc1)[C@@H](CN1CC[C@H](O)C1)c1ccccc1. The zero-order valence-corrected chi connectivity index (χ0v) is 17.0. The maximum absolute atomic E-state index is 13.4. The van der Waals surface area contributed by atoms with Crippen LogP contribution in [0.15, 0.2) is 91.0 Å². The zero-order chi connectivity index (χ0) is 21.0. The van der Waals surface area contributed by atoms with Crippen molar-refractivity contribution in [2.75, 3.05) is 19.6 Å². The highest BCUT2D eigenvalue weighted by Crippen LogP contribution is 2.45. The first kappa shape index (κ1) is 20.3. The highest BCUT2D eigenvalue weighted by Gasteiger charge is 2.48. The Morgan fingerprint density at radius 1 is 0.933 bits per heavy atom. The van der Waals surface area contributed by atoms with Crippen LogP contribution in [0.4, 0.5) is 0 Å². The van der Waals surface area contributed by atoms with Gasteiger partial charge in [-0.2, -0.15) is 0 Å². The number of β-amino-alcohol motifs (C(OH)–C–C–N with tert-alkyl or cyclic N) is 1. The predicted octanol–water partition coefficient (Wildman–Crippen LogP) is 3.31. The first-order valence-corrected chi connectivity index (χ1v) is 10.5. The number of primary amides is 1. The molecule has 3 N–H and O–H groups in total. The van der Waals surface area contributed by atoms with Gasteiger partial charge in [-0.15, -0.1) is 0 Å². The summed E-state index contributed by atoms with van der Waals surface area (Å²) >= 11 is 0. The molecule has 0 saturated carbocycles. The van der Waals surface area contributed by atoms with Crippen LogP contribution in [-0.2, 0) is 10.2 Å². The summed E-state index contributed by atoms with van der Waals surface area (Å²) in [5, 5.41) is 10.1. The van der Waals surface area contributed by atoms with Crippen LogP contribution >= 0.6 is 0 Å². The summed E-state index contributed by atoms with van der Waals surface area (Å²) in [6.45, 7) is 2.05. The number of hydrogen-bond acceptors (Lipinski definition) is 3. The Kier molecular flexibility index (Phi) is 5.98. The number of nitrogens with two attached hydrogens (primary N) is 1. The van der Waals surface area contributed by atoms with E-state index in [0.29, 0.717) is 13.1 Å². The number of likely N-dealkylation sites (tertiary alicyclic amines) is 1. The average Bonchev–Trinajstić information content (AvgIpc) is 3.20. The molecule has 0 unspecified atom stereocenters. The first-order valence-electron chi connectivity index (χ1n) is 10.5. The van der Waals surface area contributed by atoms with Gasteiger partial charge in [0.25, 0.3) is 0 Å². The minimum atomic E-state index is -1.03. The third-order valence-corrected chi connectivity index (χ3v) is 6.26. The molecule has 1 fully saturated rings. The molecule has 154 valence electrons. The summed E-state index contributed by atoms with van der Waals surface area (Å²) in [6, 6.07) is 29.8. The van der Waals surface area contributed by atoms with Gasteiger partial charge in [0.15, 0.2) is 0 Å². The lowest BCUT2D eigenvalue weighted by Crippen LogP contribution is -2.50. The van der Waals surface area contributed by atoms with Crippen LogP contribution in [0.25, 0.3) is 0 Å². The van der Waals surface area contributed by atoms with E-state index in [2.05, 4.69) is 17.0 Å². The molecule has 3 aromatic rings. The Morgan fingerprint density at radius 3 is 1.87 bits per heavy atom. The fourth-order valence-corrected chi connectivity index (χ4v) is 4.84. The fraction of sp³-hybridized carbons (Fsp3) is 0.269. The number of nitrogens with zero attached hydrogens (tertiary/aromatic N) is 1. The van der Waals surface area contributed by atoms with E-state index >= 15 is 0 Å². The Morgan fingerprint density at radius 2 is 1.43 bits per heavy atom. The Hall–Kier alpha value is -2.95. The number of benzene rings is 3. The first-order chi connectivity index (χ1) is 14.6. The Labute approximate surface area is 178 Å². The van der Waals surface area contributed by atoms with E-state index in [0.717, 1.165) is 29.7 Å². The summed E-state index contributed by atoms with van der Waals surface area (Å²) in [4.78, 5) is 15.7. The highest BCUT2D eigenvalue weighted by atomic mass is 16.3. The molecule has 0 bridgehead atoms. The van der Waals surface area contributed by atoms with Gasteiger partial charge in [0, 0.05) is 25.6 Å². The molecule has 1 aliphatic rings. The molecule has 4 heteroatoms. The second-order valence-corrected chi connectivity index (χ2v) is 8.07. The molecule has 0 aromatic heterocycles. The summed E-state index contributed by atoms with van der Waals surface area (Å²) in [5.74, 6) is -0.570. The molecule has 0 radical (unpaired) electrons. The van der Waals surface area contributed by atoms with E-state index in [1.54, 1.807) is 0 Å². The predicted molar refractivity (Wildman–Crippen MR) is 119 cm³/mol. The van der Waals surface area contributed by atoms with Crippen LogP contribution in [0, 0.1) is 0 Å². The molecule has 4 rings (SSSR count). The van der Waals surface area contributed by atoms with Crippen molar-refractivity contribution in [2.24, 2.45) is 5.73 Å². The summed E-state index contributed by atoms with van der Waals surface area (Å²) in [7, 11) is 0. The Bertz CT molecular complexity index is 921. The van der Waals surface area contributed by atoms with Gasteiger partial charge < -0.3 is 15.7 Å². The number of hydrogen-bond donors (Lipinski definition) is 2. The van der Waals surface area contributed by atoms with Crippen molar-refractivity contribution in [3.63, 3.8) is 0 Å². The largest absolute Gasteiger partial charge is 0.392 e. The van der Waals surface area contributed by atoms with E-state index in [-0.39, 0.29) is 17.9 Å². The molecule has 2 atom stereocenters. The molecule has 0 spiro atoms. The number of aliphatic hydroxyl groups is 1. The van der Waals surface area contributed by atoms with E-state index < -0.39 is 5.41 Å². The third-order valence-electron chi connectivity index (χ3n) is 6.26. The minimum absolute atomic E-state index is 0.203. The van der Waals surface area contributed by atoms with E-state index in [1.807, 2.05) is 78.9 Å². The highest BCUT2D eigenvalue weighted by molar-refractivity contribution is 5.92. The third kappa shape index (κ3) is 3.76. The monoisotopic (exact) mass is 400 g/mol. The quantitative estimate of drug-likeness (QED) is 0.639. The van der Waals surface area contributed by atoms with Crippen LogP contribution < -0.4 is 5.73 Å². The van der Waals surface area contributed by atoms with Gasteiger partial charge in [-0.25, -0.2) is 0 Å². The molecular weight excluding hydrogens is 372 g/mol. The van der Waals surface area contributed by atoms with Crippen molar-refractivity contribution in [2.45, 2.75) is 23.9 Å². The molecule has 1 amide bonds. The van der Waals surface area contributed by atoms with Crippen LogP contribution in [0.2, 0.25) is 0 Å². The van der Waals surface area contributed by atoms with Gasteiger partial charge >= 0.3 is 0 Å². The van der Waals surface area contributed by atoms with Crippen molar-refractivity contribution in [1.29, 1.82) is 0 Å². The molecule has 3 aromatic carbocycles. The lowest BCUT2D eigenvalue weighted by Gasteiger charge is -2.41. The maximum Gasteiger partial charge on any atom is 0.233 e. The van der Waals surface area contributed by atoms with Gasteiger partial charge in [0.1, 0.15) is 5.41 Å². The zero-order valence-electron chi connectivity index (χ0n) is 17.0. The summed E-state index contributed by atoms with van der Waals surface area (Å²) in [6.07, 6.45) is 0.430. The van der Waals surface area contributed by atoms with Crippen LogP contribution in [0.1, 0.15) is 29.0 Å². The van der Waals surface area contributed by atoms with Gasteiger partial charge in [-0.1, -0.05) is 91.0 Å². The molecular formula is C26H28N2O2. The standard InChI is InChI=1S/C26H28N2O2/c27-25(30)26(21-12-6-2-7-13-21,22-14-8-3-9-15-22)24(20-10-4-1-5-11-20)19-28-17-16-23(29)18-28/h1-15,23-24,29H,16-19H2,(H2,27,30)/t23-,24-/m0/s1. The molecule has 1 saturated heterocycles. The molecule has 0 aliphatic carbocycles. The van der Waals surface area contributed by atoms with Crippen molar-refractivity contribution in [3.05, 3.63) is 108 Å². The molecule has 1 heterocycles. The number of aliphatic hydroxyl groups excluding tert-OH is 1. The summed E-state index contributed by atoms with van der Waals surface area (Å²) in [5.41, 5.74) is 8.07. The lowest BCUT2D eigenvalue weighted by molar-refractivity contribution is -0.123. The summed E-state index contributed by atoms with van der Waals surface area (Å²) < 4.78 is 0. The van der Waals surface area contributed by atoms with E-state index in [4.69, 9.17) is 5.73 Å². The van der Waals surface area contributed by atoms with Crippen LogP contribution in [0.3, 0.4) is 0 Å². The fourth-order valence-electron chi connectivity index (χ4n) is 4.84. The Balaban J connectivity index is 1.94. The normalized spacial score (nSPS) is 18.2. The number of carbonyl (C=O) groups excluding carboxylic acids is 1. The van der Waals surface area contributed by atoms with Gasteiger partial charge in [-0.05, 0) is 23.1 Å². The average molecular weight is 401 g/mol. The van der Waals surface area contributed by atoms with Crippen molar-refractivity contribution in [1.82, 2.24) is 4.90 Å². The van der Waals surface area contributed by atoms with Gasteiger partial charge in [-0.3, -0.25) is 4.79 Å². The van der Waals surface area contributed by atoms with Crippen LogP contribution in [0.5, 0.6) is 0 Å². The smallest absolute Gasteiger partial charge is 0.233 e. The topological polar surface area (TPSA) is 66.6 Å². The number of amides is 1. The second-order valence-electron chi connectivity index (χ2n) is 8.07. The molecule has 4 nitrogen and oxygen atoms in total. The minimum Gasteiger partial charge on any atom is -0.392 e. The van der Waals surface area contributed by atoms with Crippen LogP contribution in [-0.4, -0.2) is 41.7 Å².